The van der Waals surface area contributed by atoms with E-state index in [1.165, 1.54) is 12.8 Å². The van der Waals surface area contributed by atoms with Gasteiger partial charge in [0.05, 0.1) is 0 Å². The Hall–Kier alpha value is -1.35. The highest BCUT2D eigenvalue weighted by molar-refractivity contribution is 5.96. The Labute approximate surface area is 103 Å². The topological polar surface area (TPSA) is 40.5 Å². The van der Waals surface area contributed by atoms with Crippen LogP contribution in [0.4, 0.5) is 0 Å². The van der Waals surface area contributed by atoms with Crippen molar-refractivity contribution in [2.24, 2.45) is 0 Å². The highest BCUT2D eigenvalue weighted by Gasteiger charge is 2.07. The fourth-order valence-electron chi connectivity index (χ4n) is 1.62. The maximum Gasteiger partial charge on any atom is 0.164 e. The molecule has 0 spiro atoms. The van der Waals surface area contributed by atoms with E-state index in [0.717, 1.165) is 13.1 Å². The minimum absolute atomic E-state index is 0.133. The molecule has 3 nitrogen and oxygen atoms in total. The number of phenols is 1. The summed E-state index contributed by atoms with van der Waals surface area (Å²) < 4.78 is 0. The number of nitrogens with zero attached hydrogens (tertiary/aromatic N) is 1. The van der Waals surface area contributed by atoms with Crippen molar-refractivity contribution >= 4 is 5.78 Å². The van der Waals surface area contributed by atoms with Gasteiger partial charge in [-0.2, -0.15) is 0 Å². The third-order valence-electron chi connectivity index (χ3n) is 2.80. The summed E-state index contributed by atoms with van der Waals surface area (Å²) in [5, 5.41) is 9.13. The van der Waals surface area contributed by atoms with Crippen LogP contribution in [-0.4, -0.2) is 35.9 Å². The number of aromatic hydroxyl groups is 1. The van der Waals surface area contributed by atoms with Gasteiger partial charge in [-0.05, 0) is 44.3 Å². The van der Waals surface area contributed by atoms with Crippen molar-refractivity contribution in [3.63, 3.8) is 0 Å². The lowest BCUT2D eigenvalue weighted by Gasteiger charge is -2.15. The number of hydrogen-bond donors (Lipinski definition) is 1. The molecule has 0 aromatic heterocycles. The molecule has 17 heavy (non-hydrogen) atoms. The van der Waals surface area contributed by atoms with E-state index in [0.29, 0.717) is 12.0 Å². The molecule has 0 fully saturated rings. The van der Waals surface area contributed by atoms with Gasteiger partial charge in [-0.25, -0.2) is 0 Å². The molecule has 0 aliphatic carbocycles. The van der Waals surface area contributed by atoms with Gasteiger partial charge in [0.1, 0.15) is 5.75 Å². The maximum absolute atomic E-state index is 11.8. The minimum Gasteiger partial charge on any atom is -0.508 e. The minimum atomic E-state index is 0.133. The SMILES string of the molecule is CCCCN(C)CCC(=O)c1ccc(O)cc1. The van der Waals surface area contributed by atoms with E-state index in [-0.39, 0.29) is 11.5 Å². The van der Waals surface area contributed by atoms with Gasteiger partial charge in [-0.1, -0.05) is 13.3 Å². The predicted molar refractivity (Wildman–Crippen MR) is 69.5 cm³/mol. The molecule has 0 heterocycles. The standard InChI is InChI=1S/C14H21NO2/c1-3-4-10-15(2)11-9-14(17)12-5-7-13(16)8-6-12/h5-8,16H,3-4,9-11H2,1-2H3. The Balaban J connectivity index is 2.36. The summed E-state index contributed by atoms with van der Waals surface area (Å²) in [5.41, 5.74) is 0.673. The second-order valence-electron chi connectivity index (χ2n) is 4.38. The molecule has 0 radical (unpaired) electrons. The zero-order valence-electron chi connectivity index (χ0n) is 10.6. The number of rotatable bonds is 7. The van der Waals surface area contributed by atoms with E-state index < -0.39 is 0 Å². The molecule has 0 atom stereocenters. The van der Waals surface area contributed by atoms with E-state index in [1.54, 1.807) is 24.3 Å². The largest absolute Gasteiger partial charge is 0.508 e. The van der Waals surface area contributed by atoms with Gasteiger partial charge in [0, 0.05) is 18.5 Å². The number of benzene rings is 1. The first-order chi connectivity index (χ1) is 8.13. The molecule has 0 saturated carbocycles. The van der Waals surface area contributed by atoms with Crippen molar-refractivity contribution < 1.29 is 9.90 Å². The Morgan fingerprint density at radius 1 is 1.24 bits per heavy atom. The third kappa shape index (κ3) is 5.00. The fraction of sp³-hybridized carbons (Fsp3) is 0.500. The van der Waals surface area contributed by atoms with Crippen LogP contribution < -0.4 is 0 Å². The predicted octanol–water partition coefficient (Wildman–Crippen LogP) is 2.70. The van der Waals surface area contributed by atoms with Crippen molar-refractivity contribution in [3.8, 4) is 5.75 Å². The third-order valence-corrected chi connectivity index (χ3v) is 2.80. The summed E-state index contributed by atoms with van der Waals surface area (Å²) in [4.78, 5) is 14.0. The highest BCUT2D eigenvalue weighted by Crippen LogP contribution is 2.11. The van der Waals surface area contributed by atoms with Gasteiger partial charge in [0.2, 0.25) is 0 Å². The van der Waals surface area contributed by atoms with E-state index in [4.69, 9.17) is 5.11 Å². The second kappa shape index (κ2) is 7.07. The fourth-order valence-corrected chi connectivity index (χ4v) is 1.62. The normalized spacial score (nSPS) is 10.8. The highest BCUT2D eigenvalue weighted by atomic mass is 16.3. The van der Waals surface area contributed by atoms with Crippen LogP contribution in [0.3, 0.4) is 0 Å². The van der Waals surface area contributed by atoms with Crippen LogP contribution in [0.1, 0.15) is 36.5 Å². The van der Waals surface area contributed by atoms with Gasteiger partial charge in [0.15, 0.2) is 5.78 Å². The summed E-state index contributed by atoms with van der Waals surface area (Å²) in [6.45, 7) is 3.99. The van der Waals surface area contributed by atoms with Crippen molar-refractivity contribution in [1.82, 2.24) is 4.90 Å². The molecule has 0 unspecified atom stereocenters. The average molecular weight is 235 g/mol. The Morgan fingerprint density at radius 3 is 2.47 bits per heavy atom. The molecule has 0 saturated heterocycles. The molecule has 0 bridgehead atoms. The van der Waals surface area contributed by atoms with E-state index in [9.17, 15) is 4.79 Å². The summed E-state index contributed by atoms with van der Waals surface area (Å²) in [5.74, 6) is 0.329. The van der Waals surface area contributed by atoms with Crippen molar-refractivity contribution in [2.75, 3.05) is 20.1 Å². The second-order valence-corrected chi connectivity index (χ2v) is 4.38. The molecule has 3 heteroatoms. The van der Waals surface area contributed by atoms with E-state index >= 15 is 0 Å². The molecule has 0 aliphatic heterocycles. The number of ketones is 1. The Morgan fingerprint density at radius 2 is 1.88 bits per heavy atom. The van der Waals surface area contributed by atoms with Crippen LogP contribution in [0.25, 0.3) is 0 Å². The molecular weight excluding hydrogens is 214 g/mol. The van der Waals surface area contributed by atoms with Crippen LogP contribution in [0, 0.1) is 0 Å². The van der Waals surface area contributed by atoms with E-state index in [1.807, 2.05) is 7.05 Å². The summed E-state index contributed by atoms with van der Waals surface area (Å²) >= 11 is 0. The molecule has 1 rings (SSSR count). The molecule has 1 aromatic carbocycles. The van der Waals surface area contributed by atoms with Gasteiger partial charge in [-0.3, -0.25) is 4.79 Å². The molecule has 1 N–H and O–H groups in total. The van der Waals surface area contributed by atoms with E-state index in [2.05, 4.69) is 11.8 Å². The summed E-state index contributed by atoms with van der Waals surface area (Å²) in [6, 6.07) is 6.44. The van der Waals surface area contributed by atoms with Crippen LogP contribution in [0.5, 0.6) is 5.75 Å². The summed E-state index contributed by atoms with van der Waals surface area (Å²) in [6.07, 6.45) is 2.88. The number of Topliss-reactive ketones (excluding diaryl/α,β-unsaturated/α-hetero) is 1. The van der Waals surface area contributed by atoms with Crippen molar-refractivity contribution in [3.05, 3.63) is 29.8 Å². The number of phenolic OH excluding ortho intramolecular Hbond substituents is 1. The Bertz CT molecular complexity index is 346. The molecular formula is C14H21NO2. The molecule has 1 aromatic rings. The number of hydrogen-bond acceptors (Lipinski definition) is 3. The van der Waals surface area contributed by atoms with Gasteiger partial charge < -0.3 is 10.0 Å². The molecule has 94 valence electrons. The molecule has 0 aliphatic rings. The van der Waals surface area contributed by atoms with Gasteiger partial charge in [0.25, 0.3) is 0 Å². The van der Waals surface area contributed by atoms with Crippen LogP contribution in [0.2, 0.25) is 0 Å². The first-order valence-electron chi connectivity index (χ1n) is 6.14. The first kappa shape index (κ1) is 13.7. The zero-order chi connectivity index (χ0) is 12.7. The zero-order valence-corrected chi connectivity index (χ0v) is 10.6. The van der Waals surface area contributed by atoms with Gasteiger partial charge >= 0.3 is 0 Å². The lowest BCUT2D eigenvalue weighted by Crippen LogP contribution is -2.22. The van der Waals surface area contributed by atoms with Crippen LogP contribution in [0.15, 0.2) is 24.3 Å². The quantitative estimate of drug-likeness (QED) is 0.739. The molecule has 0 amide bonds. The maximum atomic E-state index is 11.8. The van der Waals surface area contributed by atoms with Crippen LogP contribution >= 0.6 is 0 Å². The smallest absolute Gasteiger partial charge is 0.164 e. The number of carbonyl (C=O) groups excluding carboxylic acids is 1. The average Bonchev–Trinajstić information content (AvgIpc) is 2.34. The summed E-state index contributed by atoms with van der Waals surface area (Å²) in [7, 11) is 2.04. The first-order valence-corrected chi connectivity index (χ1v) is 6.14. The van der Waals surface area contributed by atoms with Crippen LogP contribution in [-0.2, 0) is 0 Å². The lowest BCUT2D eigenvalue weighted by atomic mass is 10.1. The number of unbranched alkanes of at least 4 members (excludes halogenated alkanes) is 1. The lowest BCUT2D eigenvalue weighted by molar-refractivity contribution is 0.0969. The van der Waals surface area contributed by atoms with Crippen molar-refractivity contribution in [2.45, 2.75) is 26.2 Å². The van der Waals surface area contributed by atoms with Gasteiger partial charge in [-0.15, -0.1) is 0 Å². The number of carbonyl (C=O) groups is 1. The van der Waals surface area contributed by atoms with Crippen molar-refractivity contribution in [1.29, 1.82) is 0 Å². The Kier molecular flexibility index (Phi) is 5.70. The monoisotopic (exact) mass is 235 g/mol.